The SMILES string of the molecule is CCc1nnc(C(C)N2C[C@@H]3COCCN3c3nc(-c4cccc(CO)c4)ncc32)o1. The fraction of sp³-hybridized carbons (Fsp3) is 0.455. The molecule has 1 unspecified atom stereocenters. The van der Waals surface area contributed by atoms with Gasteiger partial charge in [0.1, 0.15) is 6.04 Å². The summed E-state index contributed by atoms with van der Waals surface area (Å²) in [6.07, 6.45) is 2.59. The Morgan fingerprint density at radius 2 is 2.19 bits per heavy atom. The minimum absolute atomic E-state index is 0.0143. The van der Waals surface area contributed by atoms with Crippen LogP contribution in [-0.2, 0) is 17.8 Å². The lowest BCUT2D eigenvalue weighted by Crippen LogP contribution is -2.56. The molecular formula is C22H26N6O3. The first-order valence-electron chi connectivity index (χ1n) is 10.7. The predicted molar refractivity (Wildman–Crippen MR) is 115 cm³/mol. The quantitative estimate of drug-likeness (QED) is 0.664. The fourth-order valence-electron chi connectivity index (χ4n) is 4.22. The molecule has 1 N–H and O–H groups in total. The Hall–Kier alpha value is -3.04. The van der Waals surface area contributed by atoms with Crippen LogP contribution in [0.25, 0.3) is 11.4 Å². The average Bonchev–Trinajstić information content (AvgIpc) is 3.32. The van der Waals surface area contributed by atoms with Crippen LogP contribution in [0.15, 0.2) is 34.9 Å². The molecule has 9 heteroatoms. The zero-order chi connectivity index (χ0) is 21.4. The minimum Gasteiger partial charge on any atom is -0.423 e. The maximum atomic E-state index is 9.49. The molecule has 2 aromatic heterocycles. The predicted octanol–water partition coefficient (Wildman–Crippen LogP) is 2.37. The maximum absolute atomic E-state index is 9.49. The molecule has 3 aromatic rings. The molecule has 1 fully saturated rings. The van der Waals surface area contributed by atoms with Gasteiger partial charge in [0.05, 0.1) is 37.7 Å². The normalized spacial score (nSPS) is 19.1. The molecule has 162 valence electrons. The molecule has 0 bridgehead atoms. The number of hydrogen-bond acceptors (Lipinski definition) is 9. The summed E-state index contributed by atoms with van der Waals surface area (Å²) < 4.78 is 11.6. The molecular weight excluding hydrogens is 396 g/mol. The monoisotopic (exact) mass is 422 g/mol. The van der Waals surface area contributed by atoms with Crippen molar-refractivity contribution in [1.29, 1.82) is 0 Å². The molecule has 1 aromatic carbocycles. The van der Waals surface area contributed by atoms with Gasteiger partial charge in [-0.25, -0.2) is 9.97 Å². The summed E-state index contributed by atoms with van der Waals surface area (Å²) >= 11 is 0. The largest absolute Gasteiger partial charge is 0.423 e. The van der Waals surface area contributed by atoms with Gasteiger partial charge >= 0.3 is 0 Å². The third kappa shape index (κ3) is 3.64. The number of benzene rings is 1. The summed E-state index contributed by atoms with van der Waals surface area (Å²) in [5, 5.41) is 17.9. The Balaban J connectivity index is 1.56. The molecule has 1 saturated heterocycles. The van der Waals surface area contributed by atoms with Crippen LogP contribution in [0.5, 0.6) is 0 Å². The Morgan fingerprint density at radius 3 is 3.00 bits per heavy atom. The lowest BCUT2D eigenvalue weighted by Gasteiger charge is -2.46. The van der Waals surface area contributed by atoms with E-state index in [1.165, 1.54) is 0 Å². The summed E-state index contributed by atoms with van der Waals surface area (Å²) in [7, 11) is 0. The van der Waals surface area contributed by atoms with Crippen molar-refractivity contribution in [3.8, 4) is 11.4 Å². The number of ether oxygens (including phenoxy) is 1. The van der Waals surface area contributed by atoms with E-state index in [4.69, 9.17) is 14.1 Å². The second-order valence-corrected chi connectivity index (χ2v) is 7.90. The first-order valence-corrected chi connectivity index (χ1v) is 10.7. The molecule has 31 heavy (non-hydrogen) atoms. The molecule has 2 atom stereocenters. The van der Waals surface area contributed by atoms with E-state index in [-0.39, 0.29) is 18.7 Å². The number of aromatic nitrogens is 4. The van der Waals surface area contributed by atoms with Crippen molar-refractivity contribution in [2.75, 3.05) is 36.1 Å². The average molecular weight is 422 g/mol. The molecule has 4 heterocycles. The standard InChI is InChI=1S/C22H26N6O3/c1-3-19-25-26-22(31-19)14(2)28-11-17-13-30-8-7-27(17)21-18(28)10-23-20(24-21)16-6-4-5-15(9-16)12-29/h4-6,9-10,14,17,29H,3,7-8,11-13H2,1-2H3/t14?,17-/m1/s1. The third-order valence-electron chi connectivity index (χ3n) is 5.94. The molecule has 0 spiro atoms. The topological polar surface area (TPSA) is 101 Å². The summed E-state index contributed by atoms with van der Waals surface area (Å²) in [5.74, 6) is 2.76. The van der Waals surface area contributed by atoms with Crippen molar-refractivity contribution in [3.63, 3.8) is 0 Å². The van der Waals surface area contributed by atoms with Crippen LogP contribution < -0.4 is 9.80 Å². The van der Waals surface area contributed by atoms with Crippen molar-refractivity contribution in [1.82, 2.24) is 20.2 Å². The van der Waals surface area contributed by atoms with Gasteiger partial charge in [-0.3, -0.25) is 0 Å². The van der Waals surface area contributed by atoms with Gasteiger partial charge < -0.3 is 24.1 Å². The van der Waals surface area contributed by atoms with Gasteiger partial charge in [-0.2, -0.15) is 0 Å². The highest BCUT2D eigenvalue weighted by atomic mass is 16.5. The van der Waals surface area contributed by atoms with Crippen molar-refractivity contribution >= 4 is 11.5 Å². The Morgan fingerprint density at radius 1 is 1.29 bits per heavy atom. The second kappa shape index (κ2) is 8.24. The van der Waals surface area contributed by atoms with E-state index in [1.54, 1.807) is 0 Å². The van der Waals surface area contributed by atoms with E-state index in [0.717, 1.165) is 35.7 Å². The van der Waals surface area contributed by atoms with E-state index in [1.807, 2.05) is 37.4 Å². The molecule has 0 aliphatic carbocycles. The number of aliphatic hydroxyl groups excluding tert-OH is 1. The van der Waals surface area contributed by atoms with Crippen LogP contribution >= 0.6 is 0 Å². The van der Waals surface area contributed by atoms with Gasteiger partial charge in [-0.15, -0.1) is 10.2 Å². The van der Waals surface area contributed by atoms with Crippen LogP contribution in [0, 0.1) is 0 Å². The number of hydrogen-bond donors (Lipinski definition) is 1. The van der Waals surface area contributed by atoms with Gasteiger partial charge in [-0.1, -0.05) is 25.1 Å². The molecule has 5 rings (SSSR count). The van der Waals surface area contributed by atoms with Gasteiger partial charge in [0, 0.05) is 25.1 Å². The smallest absolute Gasteiger partial charge is 0.238 e. The number of fused-ring (bicyclic) bond motifs is 3. The van der Waals surface area contributed by atoms with Gasteiger partial charge in [-0.05, 0) is 18.6 Å². The molecule has 0 amide bonds. The fourth-order valence-corrected chi connectivity index (χ4v) is 4.22. The zero-order valence-corrected chi connectivity index (χ0v) is 17.7. The van der Waals surface area contributed by atoms with Crippen molar-refractivity contribution < 1.29 is 14.3 Å². The summed E-state index contributed by atoms with van der Waals surface area (Å²) in [5.41, 5.74) is 2.67. The van der Waals surface area contributed by atoms with Crippen molar-refractivity contribution in [2.24, 2.45) is 0 Å². The van der Waals surface area contributed by atoms with Crippen LogP contribution in [0.4, 0.5) is 11.5 Å². The summed E-state index contributed by atoms with van der Waals surface area (Å²) in [6.45, 7) is 6.92. The van der Waals surface area contributed by atoms with Gasteiger partial charge in [0.2, 0.25) is 11.8 Å². The Bertz CT molecular complexity index is 1070. The number of nitrogens with zero attached hydrogens (tertiary/aromatic N) is 6. The van der Waals surface area contributed by atoms with E-state index >= 15 is 0 Å². The van der Waals surface area contributed by atoms with Crippen LogP contribution in [0.3, 0.4) is 0 Å². The second-order valence-electron chi connectivity index (χ2n) is 7.90. The summed E-state index contributed by atoms with van der Waals surface area (Å²) in [6, 6.07) is 7.76. The highest BCUT2D eigenvalue weighted by molar-refractivity contribution is 5.73. The molecule has 2 aliphatic heterocycles. The zero-order valence-electron chi connectivity index (χ0n) is 17.7. The molecule has 9 nitrogen and oxygen atoms in total. The van der Waals surface area contributed by atoms with Gasteiger partial charge in [0.15, 0.2) is 11.6 Å². The lowest BCUT2D eigenvalue weighted by molar-refractivity contribution is 0.0929. The van der Waals surface area contributed by atoms with Gasteiger partial charge in [0.25, 0.3) is 0 Å². The third-order valence-corrected chi connectivity index (χ3v) is 5.94. The first kappa shape index (κ1) is 19.9. The van der Waals surface area contributed by atoms with Crippen LogP contribution in [0.1, 0.15) is 37.2 Å². The highest BCUT2D eigenvalue weighted by Gasteiger charge is 2.38. The Kier molecular flexibility index (Phi) is 5.29. The van der Waals surface area contributed by atoms with E-state index < -0.39 is 0 Å². The first-order chi connectivity index (χ1) is 15.2. The van der Waals surface area contributed by atoms with Crippen LogP contribution in [0.2, 0.25) is 0 Å². The van der Waals surface area contributed by atoms with E-state index in [9.17, 15) is 5.11 Å². The maximum Gasteiger partial charge on any atom is 0.238 e. The molecule has 0 saturated carbocycles. The van der Waals surface area contributed by atoms with E-state index in [0.29, 0.717) is 37.2 Å². The van der Waals surface area contributed by atoms with Crippen LogP contribution in [-0.4, -0.2) is 57.6 Å². The van der Waals surface area contributed by atoms with E-state index in [2.05, 4.69) is 31.9 Å². The number of morpholine rings is 1. The highest BCUT2D eigenvalue weighted by Crippen LogP contribution is 2.39. The molecule has 2 aliphatic rings. The Labute approximate surface area is 180 Å². The number of rotatable bonds is 5. The summed E-state index contributed by atoms with van der Waals surface area (Å²) in [4.78, 5) is 14.2. The van der Waals surface area contributed by atoms with Crippen molar-refractivity contribution in [2.45, 2.75) is 39.0 Å². The molecule has 0 radical (unpaired) electrons. The number of aliphatic hydroxyl groups is 1. The number of aryl methyl sites for hydroxylation is 1. The number of anilines is 2. The van der Waals surface area contributed by atoms with Crippen molar-refractivity contribution in [3.05, 3.63) is 47.8 Å². The minimum atomic E-state index is -0.109. The lowest BCUT2D eigenvalue weighted by atomic mass is 10.1.